The molecule has 0 fully saturated rings. The topological polar surface area (TPSA) is 73.0 Å². The maximum Gasteiger partial charge on any atom is 0.252 e. The van der Waals surface area contributed by atoms with Crippen LogP contribution in [0.15, 0.2) is 76.3 Å². The van der Waals surface area contributed by atoms with Crippen molar-refractivity contribution in [1.29, 1.82) is 0 Å². The third-order valence-electron chi connectivity index (χ3n) is 3.65. The fourth-order valence-electron chi connectivity index (χ4n) is 2.49. The summed E-state index contributed by atoms with van der Waals surface area (Å²) < 4.78 is 6.92. The summed E-state index contributed by atoms with van der Waals surface area (Å²) in [5.74, 6) is 1.13. The summed E-state index contributed by atoms with van der Waals surface area (Å²) in [5.41, 5.74) is 1.31. The number of para-hydroxylation sites is 1. The van der Waals surface area contributed by atoms with Crippen molar-refractivity contribution in [1.82, 2.24) is 14.5 Å². The molecular formula is C18H14N4O2. The van der Waals surface area contributed by atoms with Gasteiger partial charge < -0.3 is 9.73 Å². The highest BCUT2D eigenvalue weighted by Crippen LogP contribution is 2.16. The van der Waals surface area contributed by atoms with Crippen LogP contribution in [0.2, 0.25) is 0 Å². The fraction of sp³-hybridized carbons (Fsp3) is 0.0556. The number of aromatic nitrogens is 3. The molecule has 4 rings (SSSR count). The number of hydrogen-bond acceptors (Lipinski definition) is 5. The highest BCUT2D eigenvalue weighted by molar-refractivity contribution is 5.75. The molecular weight excluding hydrogens is 304 g/mol. The number of fused-ring (bicyclic) bond motifs is 1. The Morgan fingerprint density at radius 3 is 2.71 bits per heavy atom. The van der Waals surface area contributed by atoms with E-state index in [2.05, 4.69) is 15.3 Å². The van der Waals surface area contributed by atoms with Crippen LogP contribution in [0.4, 0.5) is 11.6 Å². The van der Waals surface area contributed by atoms with Crippen LogP contribution in [0.3, 0.4) is 0 Å². The molecule has 6 nitrogen and oxygen atoms in total. The lowest BCUT2D eigenvalue weighted by Gasteiger charge is -2.10. The summed E-state index contributed by atoms with van der Waals surface area (Å²) in [7, 11) is 0. The zero-order valence-electron chi connectivity index (χ0n) is 12.7. The Morgan fingerprint density at radius 1 is 1.04 bits per heavy atom. The van der Waals surface area contributed by atoms with Crippen LogP contribution in [0.5, 0.6) is 0 Å². The van der Waals surface area contributed by atoms with Crippen LogP contribution < -0.4 is 10.9 Å². The van der Waals surface area contributed by atoms with Crippen LogP contribution in [-0.4, -0.2) is 14.5 Å². The van der Waals surface area contributed by atoms with E-state index in [1.54, 1.807) is 29.2 Å². The number of rotatable bonds is 4. The van der Waals surface area contributed by atoms with E-state index in [-0.39, 0.29) is 5.56 Å². The Kier molecular flexibility index (Phi) is 3.55. The van der Waals surface area contributed by atoms with Gasteiger partial charge >= 0.3 is 0 Å². The summed E-state index contributed by atoms with van der Waals surface area (Å²) >= 11 is 0. The highest BCUT2D eigenvalue weighted by Gasteiger charge is 2.09. The number of benzene rings is 1. The average Bonchev–Trinajstić information content (AvgIpc) is 3.12. The standard InChI is InChI=1S/C18H14N4O2/c23-16-9-8-13-11-19-18(20-14-5-2-1-3-6-14)21-17(13)22(16)12-15-7-4-10-24-15/h1-11H,12H2,(H,19,20,21). The molecule has 1 N–H and O–H groups in total. The molecule has 0 bridgehead atoms. The molecule has 0 saturated carbocycles. The van der Waals surface area contributed by atoms with Gasteiger partial charge in [-0.2, -0.15) is 4.98 Å². The predicted octanol–water partition coefficient (Wildman–Crippen LogP) is 3.18. The van der Waals surface area contributed by atoms with Crippen LogP contribution in [0.25, 0.3) is 11.0 Å². The van der Waals surface area contributed by atoms with E-state index in [1.807, 2.05) is 36.4 Å². The Hall–Kier alpha value is -3.41. The van der Waals surface area contributed by atoms with E-state index in [0.29, 0.717) is 23.9 Å². The van der Waals surface area contributed by atoms with E-state index >= 15 is 0 Å². The molecule has 4 aromatic rings. The molecule has 0 saturated heterocycles. The van der Waals surface area contributed by atoms with E-state index in [4.69, 9.17) is 4.42 Å². The van der Waals surface area contributed by atoms with Gasteiger partial charge in [-0.15, -0.1) is 0 Å². The molecule has 3 aromatic heterocycles. The molecule has 0 spiro atoms. The Morgan fingerprint density at radius 2 is 1.92 bits per heavy atom. The quantitative estimate of drug-likeness (QED) is 0.625. The molecule has 0 aliphatic rings. The van der Waals surface area contributed by atoms with Gasteiger partial charge in [0.25, 0.3) is 5.56 Å². The molecule has 0 aliphatic carbocycles. The summed E-state index contributed by atoms with van der Waals surface area (Å²) in [5, 5.41) is 3.93. The van der Waals surface area contributed by atoms with Gasteiger partial charge in [-0.25, -0.2) is 4.98 Å². The normalized spacial score (nSPS) is 10.8. The minimum Gasteiger partial charge on any atom is -0.467 e. The number of nitrogens with one attached hydrogen (secondary N) is 1. The molecule has 0 radical (unpaired) electrons. The highest BCUT2D eigenvalue weighted by atomic mass is 16.3. The van der Waals surface area contributed by atoms with Crippen molar-refractivity contribution in [3.05, 3.63) is 83.2 Å². The van der Waals surface area contributed by atoms with Crippen LogP contribution in [0.1, 0.15) is 5.76 Å². The zero-order chi connectivity index (χ0) is 16.4. The van der Waals surface area contributed by atoms with Gasteiger partial charge in [0.2, 0.25) is 5.95 Å². The minimum absolute atomic E-state index is 0.136. The van der Waals surface area contributed by atoms with Gasteiger partial charge in [0.1, 0.15) is 11.4 Å². The number of pyridine rings is 1. The fourth-order valence-corrected chi connectivity index (χ4v) is 2.49. The van der Waals surface area contributed by atoms with Crippen molar-refractivity contribution in [2.75, 3.05) is 5.32 Å². The number of anilines is 2. The molecule has 3 heterocycles. The third-order valence-corrected chi connectivity index (χ3v) is 3.65. The summed E-state index contributed by atoms with van der Waals surface area (Å²) in [6, 6.07) is 16.5. The Bertz CT molecular complexity index is 1020. The summed E-state index contributed by atoms with van der Waals surface area (Å²) in [4.78, 5) is 21.1. The second kappa shape index (κ2) is 6.00. The lowest BCUT2D eigenvalue weighted by molar-refractivity contribution is 0.493. The molecule has 1 aromatic carbocycles. The first-order chi connectivity index (χ1) is 11.8. The largest absolute Gasteiger partial charge is 0.467 e. The van der Waals surface area contributed by atoms with Gasteiger partial charge in [-0.3, -0.25) is 9.36 Å². The monoisotopic (exact) mass is 318 g/mol. The van der Waals surface area contributed by atoms with Crippen molar-refractivity contribution < 1.29 is 4.42 Å². The van der Waals surface area contributed by atoms with Gasteiger partial charge in [0, 0.05) is 23.3 Å². The van der Waals surface area contributed by atoms with Crippen LogP contribution in [-0.2, 0) is 6.54 Å². The summed E-state index contributed by atoms with van der Waals surface area (Å²) in [6.45, 7) is 0.324. The first-order valence-electron chi connectivity index (χ1n) is 7.51. The van der Waals surface area contributed by atoms with E-state index in [0.717, 1.165) is 11.1 Å². The third kappa shape index (κ3) is 2.77. The lowest BCUT2D eigenvalue weighted by Crippen LogP contribution is -2.21. The van der Waals surface area contributed by atoms with Crippen LogP contribution >= 0.6 is 0 Å². The maximum atomic E-state index is 12.3. The zero-order valence-corrected chi connectivity index (χ0v) is 12.7. The van der Waals surface area contributed by atoms with E-state index < -0.39 is 0 Å². The molecule has 0 atom stereocenters. The predicted molar refractivity (Wildman–Crippen MR) is 91.3 cm³/mol. The van der Waals surface area contributed by atoms with Gasteiger partial charge in [-0.1, -0.05) is 18.2 Å². The van der Waals surface area contributed by atoms with Crippen molar-refractivity contribution >= 4 is 22.7 Å². The number of nitrogens with zero attached hydrogens (tertiary/aromatic N) is 3. The molecule has 6 heteroatoms. The first kappa shape index (κ1) is 14.2. The SMILES string of the molecule is O=c1ccc2cnc(Nc3ccccc3)nc2n1Cc1ccco1. The number of hydrogen-bond donors (Lipinski definition) is 1. The van der Waals surface area contributed by atoms with Crippen molar-refractivity contribution in [2.24, 2.45) is 0 Å². The van der Waals surface area contributed by atoms with Crippen molar-refractivity contribution in [3.8, 4) is 0 Å². The molecule has 0 unspecified atom stereocenters. The second-order valence-electron chi connectivity index (χ2n) is 5.30. The minimum atomic E-state index is -0.136. The summed E-state index contributed by atoms with van der Waals surface area (Å²) in [6.07, 6.45) is 3.29. The van der Waals surface area contributed by atoms with Crippen molar-refractivity contribution in [3.63, 3.8) is 0 Å². The first-order valence-corrected chi connectivity index (χ1v) is 7.51. The average molecular weight is 318 g/mol. The van der Waals surface area contributed by atoms with Gasteiger partial charge in [0.15, 0.2) is 0 Å². The lowest BCUT2D eigenvalue weighted by atomic mass is 10.3. The maximum absolute atomic E-state index is 12.3. The molecule has 0 aliphatic heterocycles. The second-order valence-corrected chi connectivity index (χ2v) is 5.30. The van der Waals surface area contributed by atoms with Gasteiger partial charge in [-0.05, 0) is 30.3 Å². The van der Waals surface area contributed by atoms with Crippen molar-refractivity contribution in [2.45, 2.75) is 6.54 Å². The molecule has 118 valence electrons. The van der Waals surface area contributed by atoms with E-state index in [1.165, 1.54) is 6.07 Å². The van der Waals surface area contributed by atoms with Crippen LogP contribution in [0, 0.1) is 0 Å². The molecule has 24 heavy (non-hydrogen) atoms. The molecule has 0 amide bonds. The Labute approximate surface area is 137 Å². The smallest absolute Gasteiger partial charge is 0.252 e. The van der Waals surface area contributed by atoms with E-state index in [9.17, 15) is 4.79 Å². The Balaban J connectivity index is 1.78. The number of furan rings is 1. The van der Waals surface area contributed by atoms with Gasteiger partial charge in [0.05, 0.1) is 12.8 Å².